The van der Waals surface area contributed by atoms with Crippen LogP contribution in [0.25, 0.3) is 11.1 Å². The van der Waals surface area contributed by atoms with E-state index in [2.05, 4.69) is 15.5 Å². The van der Waals surface area contributed by atoms with Gasteiger partial charge in [-0.15, -0.1) is 0 Å². The van der Waals surface area contributed by atoms with Crippen molar-refractivity contribution in [3.05, 3.63) is 72.1 Å². The lowest BCUT2D eigenvalue weighted by molar-refractivity contribution is 0.1000. The average molecular weight is 407 g/mol. The zero-order valence-electron chi connectivity index (χ0n) is 16.5. The number of anilines is 1. The average Bonchev–Trinajstić information content (AvgIpc) is 3.29. The topological polar surface area (TPSA) is 124 Å². The van der Waals surface area contributed by atoms with Crippen molar-refractivity contribution in [1.82, 2.24) is 15.5 Å². The first kappa shape index (κ1) is 21.1. The Hall–Kier alpha value is -3.65. The largest absolute Gasteiger partial charge is 0.396 e. The van der Waals surface area contributed by atoms with Gasteiger partial charge in [-0.25, -0.2) is 4.79 Å². The van der Waals surface area contributed by atoms with Crippen LogP contribution < -0.4 is 16.0 Å². The highest BCUT2D eigenvalue weighted by molar-refractivity contribution is 5.93. The molecule has 8 nitrogen and oxygen atoms in total. The van der Waals surface area contributed by atoms with Gasteiger partial charge in [0.1, 0.15) is 0 Å². The van der Waals surface area contributed by atoms with Crippen LogP contribution in [0.2, 0.25) is 0 Å². The Labute approximate surface area is 174 Å². The van der Waals surface area contributed by atoms with E-state index in [1.807, 2.05) is 30.3 Å². The van der Waals surface area contributed by atoms with E-state index in [-0.39, 0.29) is 12.6 Å². The van der Waals surface area contributed by atoms with Gasteiger partial charge < -0.3 is 16.2 Å². The predicted molar refractivity (Wildman–Crippen MR) is 115 cm³/mol. The second-order valence-electron chi connectivity index (χ2n) is 6.81. The Kier molecular flexibility index (Phi) is 7.18. The number of nitrogens with two attached hydrogens (primary N) is 1. The molecule has 0 unspecified atom stereocenters. The van der Waals surface area contributed by atoms with E-state index in [1.54, 1.807) is 35.5 Å². The number of aromatic amines is 1. The number of hydrogen-bond donors (Lipinski definition) is 4. The summed E-state index contributed by atoms with van der Waals surface area (Å²) in [7, 11) is 0. The Balaban J connectivity index is 1.63. The fourth-order valence-electron chi connectivity index (χ4n) is 3.11. The van der Waals surface area contributed by atoms with Crippen LogP contribution in [0.1, 0.15) is 22.3 Å². The molecule has 0 saturated carbocycles. The second-order valence-corrected chi connectivity index (χ2v) is 6.81. The number of amides is 3. The normalized spacial score (nSPS) is 10.6. The minimum atomic E-state index is -0.477. The summed E-state index contributed by atoms with van der Waals surface area (Å²) in [5.74, 6) is -0.477. The fourth-order valence-corrected chi connectivity index (χ4v) is 3.11. The number of benzene rings is 2. The number of carbonyl (C=O) groups excluding carboxylic acids is 2. The van der Waals surface area contributed by atoms with Crippen molar-refractivity contribution in [2.24, 2.45) is 5.73 Å². The number of nitrogens with one attached hydrogen (secondary N) is 2. The molecule has 0 aliphatic heterocycles. The van der Waals surface area contributed by atoms with Gasteiger partial charge in [-0.2, -0.15) is 5.10 Å². The van der Waals surface area contributed by atoms with Crippen LogP contribution >= 0.6 is 0 Å². The lowest BCUT2D eigenvalue weighted by atomic mass is 10.1. The van der Waals surface area contributed by atoms with Crippen molar-refractivity contribution >= 4 is 17.6 Å². The van der Waals surface area contributed by atoms with Crippen molar-refractivity contribution in [3.8, 4) is 11.1 Å². The van der Waals surface area contributed by atoms with Crippen molar-refractivity contribution in [1.29, 1.82) is 0 Å². The molecule has 5 N–H and O–H groups in total. The number of nitrogens with zero attached hydrogens (tertiary/aromatic N) is 2. The molecular formula is C22H25N5O3. The van der Waals surface area contributed by atoms with Gasteiger partial charge >= 0.3 is 6.03 Å². The first-order valence-electron chi connectivity index (χ1n) is 9.72. The number of hydrogen-bond acceptors (Lipinski definition) is 4. The molecule has 0 bridgehead atoms. The molecule has 30 heavy (non-hydrogen) atoms. The fraction of sp³-hybridized carbons (Fsp3) is 0.227. The van der Waals surface area contributed by atoms with Gasteiger partial charge in [0.05, 0.1) is 6.20 Å². The SMILES string of the molecule is NC(=O)c1cccc(CCNC(=O)N(CCCO)c2ccc(-c3cn[nH]c3)cc2)c1. The minimum Gasteiger partial charge on any atom is -0.396 e. The monoisotopic (exact) mass is 407 g/mol. The highest BCUT2D eigenvalue weighted by Crippen LogP contribution is 2.22. The molecule has 3 aromatic rings. The highest BCUT2D eigenvalue weighted by Gasteiger charge is 2.15. The molecule has 0 spiro atoms. The number of aliphatic hydroxyl groups is 1. The third kappa shape index (κ3) is 5.45. The molecule has 1 aromatic heterocycles. The van der Waals surface area contributed by atoms with E-state index < -0.39 is 5.91 Å². The molecule has 8 heteroatoms. The van der Waals surface area contributed by atoms with Crippen LogP contribution in [0.4, 0.5) is 10.5 Å². The molecule has 1 heterocycles. The summed E-state index contributed by atoms with van der Waals surface area (Å²) in [6, 6.07) is 14.4. The number of rotatable bonds is 9. The van der Waals surface area contributed by atoms with Crippen LogP contribution in [0.15, 0.2) is 60.9 Å². The van der Waals surface area contributed by atoms with Gasteiger partial charge in [-0.1, -0.05) is 24.3 Å². The van der Waals surface area contributed by atoms with Gasteiger partial charge in [-0.3, -0.25) is 14.8 Å². The molecule has 0 aliphatic rings. The molecule has 3 amide bonds. The first-order chi connectivity index (χ1) is 14.6. The number of aliphatic hydroxyl groups excluding tert-OH is 1. The quantitative estimate of drug-likeness (QED) is 0.434. The van der Waals surface area contributed by atoms with Gasteiger partial charge in [0.15, 0.2) is 0 Å². The summed E-state index contributed by atoms with van der Waals surface area (Å²) in [5, 5.41) is 18.8. The van der Waals surface area contributed by atoms with Crippen molar-refractivity contribution in [3.63, 3.8) is 0 Å². The van der Waals surface area contributed by atoms with Crippen LogP contribution in [0.3, 0.4) is 0 Å². The number of urea groups is 1. The van der Waals surface area contributed by atoms with E-state index in [1.165, 1.54) is 0 Å². The van der Waals surface area contributed by atoms with Crippen molar-refractivity contribution in [2.75, 3.05) is 24.6 Å². The molecule has 3 rings (SSSR count). The van der Waals surface area contributed by atoms with Crippen LogP contribution in [-0.4, -0.2) is 46.9 Å². The first-order valence-corrected chi connectivity index (χ1v) is 9.72. The summed E-state index contributed by atoms with van der Waals surface area (Å²) >= 11 is 0. The standard InChI is InChI=1S/C22H25N5O3/c23-21(29)18-4-1-3-16(13-18)9-10-24-22(30)27(11-2-12-28)20-7-5-17(6-8-20)19-14-25-26-15-19/h1,3-8,13-15,28H,2,9-12H2,(H2,23,29)(H,24,30)(H,25,26). The minimum absolute atomic E-state index is 0.00318. The predicted octanol–water partition coefficient (Wildman–Crippen LogP) is 2.32. The zero-order chi connectivity index (χ0) is 21.3. The lowest BCUT2D eigenvalue weighted by Gasteiger charge is -2.23. The molecule has 0 fully saturated rings. The van der Waals surface area contributed by atoms with Gasteiger partial charge in [0, 0.05) is 42.7 Å². The van der Waals surface area contributed by atoms with Crippen LogP contribution in [-0.2, 0) is 6.42 Å². The van der Waals surface area contributed by atoms with Gasteiger partial charge in [-0.05, 0) is 48.2 Å². The molecule has 156 valence electrons. The maximum atomic E-state index is 12.8. The number of H-pyrrole nitrogens is 1. The summed E-state index contributed by atoms with van der Waals surface area (Å²) in [6.07, 6.45) is 4.58. The third-order valence-electron chi connectivity index (χ3n) is 4.70. The summed E-state index contributed by atoms with van der Waals surface area (Å²) in [6.45, 7) is 0.797. The smallest absolute Gasteiger partial charge is 0.321 e. The zero-order valence-corrected chi connectivity index (χ0v) is 16.5. The van der Waals surface area contributed by atoms with E-state index >= 15 is 0 Å². The lowest BCUT2D eigenvalue weighted by Crippen LogP contribution is -2.41. The Morgan fingerprint density at radius 3 is 2.60 bits per heavy atom. The summed E-state index contributed by atoms with van der Waals surface area (Å²) < 4.78 is 0. The number of carbonyl (C=O) groups is 2. The Morgan fingerprint density at radius 2 is 1.93 bits per heavy atom. The molecule has 2 aromatic carbocycles. The number of primary amides is 1. The van der Waals surface area contributed by atoms with Crippen molar-refractivity contribution < 1.29 is 14.7 Å². The summed E-state index contributed by atoms with van der Waals surface area (Å²) in [5.41, 5.74) is 9.36. The Morgan fingerprint density at radius 1 is 1.13 bits per heavy atom. The van der Waals surface area contributed by atoms with E-state index in [0.29, 0.717) is 31.5 Å². The number of aromatic nitrogens is 2. The van der Waals surface area contributed by atoms with Crippen molar-refractivity contribution in [2.45, 2.75) is 12.8 Å². The summed E-state index contributed by atoms with van der Waals surface area (Å²) in [4.78, 5) is 25.7. The Bertz CT molecular complexity index is 971. The van der Waals surface area contributed by atoms with E-state index in [9.17, 15) is 14.7 Å². The van der Waals surface area contributed by atoms with Gasteiger partial charge in [0.25, 0.3) is 0 Å². The third-order valence-corrected chi connectivity index (χ3v) is 4.70. The molecule has 0 atom stereocenters. The van der Waals surface area contributed by atoms with E-state index in [4.69, 9.17) is 5.73 Å². The van der Waals surface area contributed by atoms with E-state index in [0.717, 1.165) is 22.4 Å². The maximum absolute atomic E-state index is 12.8. The maximum Gasteiger partial charge on any atom is 0.321 e. The molecule has 0 aliphatic carbocycles. The van der Waals surface area contributed by atoms with Gasteiger partial charge in [0.2, 0.25) is 5.91 Å². The molecule has 0 saturated heterocycles. The molecular weight excluding hydrogens is 382 g/mol. The second kappa shape index (κ2) is 10.2. The van der Waals surface area contributed by atoms with Crippen LogP contribution in [0, 0.1) is 0 Å². The van der Waals surface area contributed by atoms with Crippen LogP contribution in [0.5, 0.6) is 0 Å². The highest BCUT2D eigenvalue weighted by atomic mass is 16.3. The molecule has 0 radical (unpaired) electrons.